The van der Waals surface area contributed by atoms with Gasteiger partial charge in [-0.05, 0) is 24.1 Å². The Balaban J connectivity index is 0.000000333. The molecule has 0 spiro atoms. The molecule has 3 aromatic rings. The molecule has 0 atom stereocenters. The molecule has 0 fully saturated rings. The number of aromatic nitrogens is 1. The molecule has 0 saturated carbocycles. The van der Waals surface area contributed by atoms with Crippen LogP contribution in [-0.2, 0) is 6.42 Å². The fourth-order valence-electron chi connectivity index (χ4n) is 1.73. The summed E-state index contributed by atoms with van der Waals surface area (Å²) in [7, 11) is 0. The van der Waals surface area contributed by atoms with Crippen LogP contribution in [0.15, 0.2) is 72.9 Å². The lowest BCUT2D eigenvalue weighted by atomic mass is 10.2. The van der Waals surface area contributed by atoms with Gasteiger partial charge in [0.2, 0.25) is 0 Å². The van der Waals surface area contributed by atoms with Crippen molar-refractivity contribution in [1.82, 2.24) is 4.98 Å². The van der Waals surface area contributed by atoms with Crippen LogP contribution in [0, 0.1) is 0 Å². The van der Waals surface area contributed by atoms with Crippen LogP contribution in [0.2, 0.25) is 0 Å². The molecule has 0 aliphatic carbocycles. The number of para-hydroxylation sites is 1. The number of rotatable bonds is 1. The van der Waals surface area contributed by atoms with Crippen LogP contribution in [0.25, 0.3) is 10.9 Å². The molecule has 1 heterocycles. The highest BCUT2D eigenvalue weighted by Crippen LogP contribution is 2.07. The highest BCUT2D eigenvalue weighted by atomic mass is 14.6. The summed E-state index contributed by atoms with van der Waals surface area (Å²) < 4.78 is 0. The second kappa shape index (κ2) is 13.8. The Morgan fingerprint density at radius 1 is 0.682 bits per heavy atom. The zero-order valence-corrected chi connectivity index (χ0v) is 14.6. The first kappa shape index (κ1) is 19.9. The minimum atomic E-state index is 1.06. The molecule has 0 bridgehead atoms. The Kier molecular flexibility index (Phi) is 12.5. The van der Waals surface area contributed by atoms with Gasteiger partial charge in [0.05, 0.1) is 5.52 Å². The van der Waals surface area contributed by atoms with E-state index < -0.39 is 0 Å². The second-order valence-electron chi connectivity index (χ2n) is 4.04. The summed E-state index contributed by atoms with van der Waals surface area (Å²) in [5, 5.41) is 1.20. The lowest BCUT2D eigenvalue weighted by molar-refractivity contribution is 1.14. The summed E-state index contributed by atoms with van der Waals surface area (Å²) in [6, 6.07) is 22.5. The monoisotopic (exact) mass is 295 g/mol. The molecule has 0 saturated heterocycles. The summed E-state index contributed by atoms with van der Waals surface area (Å²) in [6.45, 7) is 10.2. The van der Waals surface area contributed by atoms with Gasteiger partial charge in [-0.25, -0.2) is 0 Å². The molecule has 118 valence electrons. The van der Waals surface area contributed by atoms with E-state index in [2.05, 4.69) is 48.3 Å². The Hall–Kier alpha value is -2.15. The third-order valence-corrected chi connectivity index (χ3v) is 2.76. The highest BCUT2D eigenvalue weighted by Gasteiger charge is 1.86. The van der Waals surface area contributed by atoms with Crippen LogP contribution in [0.1, 0.15) is 40.2 Å². The Morgan fingerprint density at radius 2 is 1.23 bits per heavy atom. The van der Waals surface area contributed by atoms with Gasteiger partial charge < -0.3 is 0 Å². The number of nitrogens with zero attached hydrogens (tertiary/aromatic N) is 1. The number of hydrogen-bond acceptors (Lipinski definition) is 1. The number of aryl methyl sites for hydroxylation is 1. The first-order chi connectivity index (χ1) is 10.9. The highest BCUT2D eigenvalue weighted by molar-refractivity contribution is 5.77. The molecule has 0 unspecified atom stereocenters. The maximum Gasteiger partial charge on any atom is 0.0701 e. The van der Waals surface area contributed by atoms with Crippen molar-refractivity contribution in [2.45, 2.75) is 41.0 Å². The van der Waals surface area contributed by atoms with Crippen molar-refractivity contribution in [2.75, 3.05) is 0 Å². The third-order valence-electron chi connectivity index (χ3n) is 2.76. The molecule has 0 aliphatic heterocycles. The van der Waals surface area contributed by atoms with Crippen molar-refractivity contribution in [3.63, 3.8) is 0 Å². The van der Waals surface area contributed by atoms with E-state index in [1.54, 1.807) is 0 Å². The topological polar surface area (TPSA) is 12.9 Å². The Labute approximate surface area is 136 Å². The van der Waals surface area contributed by atoms with E-state index in [-0.39, 0.29) is 0 Å². The molecule has 0 amide bonds. The van der Waals surface area contributed by atoms with Gasteiger partial charge in [0.1, 0.15) is 0 Å². The summed E-state index contributed by atoms with van der Waals surface area (Å²) in [5.74, 6) is 0. The van der Waals surface area contributed by atoms with E-state index in [4.69, 9.17) is 0 Å². The van der Waals surface area contributed by atoms with Crippen LogP contribution in [0.3, 0.4) is 0 Å². The van der Waals surface area contributed by atoms with Crippen LogP contribution in [0.5, 0.6) is 0 Å². The number of pyridine rings is 1. The minimum absolute atomic E-state index is 1.06. The molecule has 0 radical (unpaired) electrons. The molecule has 3 rings (SSSR count). The van der Waals surface area contributed by atoms with Crippen molar-refractivity contribution in [1.29, 1.82) is 0 Å². The molecule has 0 aliphatic rings. The van der Waals surface area contributed by atoms with Crippen LogP contribution >= 0.6 is 0 Å². The van der Waals surface area contributed by atoms with Crippen LogP contribution < -0.4 is 0 Å². The fourth-order valence-corrected chi connectivity index (χ4v) is 1.73. The average Bonchev–Trinajstić information content (AvgIpc) is 2.66. The Bertz CT molecular complexity index is 522. The maximum atomic E-state index is 4.18. The molecule has 1 heteroatoms. The van der Waals surface area contributed by atoms with Crippen LogP contribution in [-0.4, -0.2) is 4.98 Å². The average molecular weight is 295 g/mol. The normalized spacial score (nSPS) is 8.41. The predicted octanol–water partition coefficient (Wildman–Crippen LogP) is 6.54. The first-order valence-corrected chi connectivity index (χ1v) is 8.24. The zero-order valence-electron chi connectivity index (χ0n) is 14.6. The van der Waals surface area contributed by atoms with E-state index in [0.717, 1.165) is 11.9 Å². The van der Waals surface area contributed by atoms with Gasteiger partial charge in [-0.2, -0.15) is 0 Å². The molecule has 0 N–H and O–H groups in total. The SMILES string of the molecule is CC.CC.CCc1ccccc1.c1ccc2ncccc2c1. The largest absolute Gasteiger partial charge is 0.256 e. The molecular weight excluding hydrogens is 266 g/mol. The van der Waals surface area contributed by atoms with Crippen molar-refractivity contribution in [3.05, 3.63) is 78.5 Å². The fraction of sp³-hybridized carbons (Fsp3) is 0.286. The van der Waals surface area contributed by atoms with E-state index in [0.29, 0.717) is 0 Å². The molecule has 22 heavy (non-hydrogen) atoms. The lowest BCUT2D eigenvalue weighted by Gasteiger charge is -1.91. The van der Waals surface area contributed by atoms with Crippen molar-refractivity contribution < 1.29 is 0 Å². The quantitative estimate of drug-likeness (QED) is 0.497. The van der Waals surface area contributed by atoms with Gasteiger partial charge in [0.15, 0.2) is 0 Å². The Morgan fingerprint density at radius 3 is 1.77 bits per heavy atom. The number of benzene rings is 2. The van der Waals surface area contributed by atoms with E-state index >= 15 is 0 Å². The summed E-state index contributed by atoms with van der Waals surface area (Å²) in [5.41, 5.74) is 2.47. The maximum absolute atomic E-state index is 4.18. The second-order valence-corrected chi connectivity index (χ2v) is 4.04. The lowest BCUT2D eigenvalue weighted by Crippen LogP contribution is -1.73. The van der Waals surface area contributed by atoms with Crippen molar-refractivity contribution in [2.24, 2.45) is 0 Å². The van der Waals surface area contributed by atoms with Crippen molar-refractivity contribution in [3.8, 4) is 0 Å². The zero-order chi connectivity index (χ0) is 16.6. The number of fused-ring (bicyclic) bond motifs is 1. The third kappa shape index (κ3) is 7.58. The van der Waals surface area contributed by atoms with E-state index in [9.17, 15) is 0 Å². The van der Waals surface area contributed by atoms with Gasteiger partial charge in [0, 0.05) is 11.6 Å². The minimum Gasteiger partial charge on any atom is -0.256 e. The molecule has 1 nitrogen and oxygen atoms in total. The molecular formula is C21H29N. The number of hydrogen-bond donors (Lipinski definition) is 0. The van der Waals surface area contributed by atoms with E-state index in [1.807, 2.05) is 64.2 Å². The predicted molar refractivity (Wildman–Crippen MR) is 100 cm³/mol. The standard InChI is InChI=1S/C9H7N.C8H10.2C2H6/c1-2-6-9-8(4-1)5-3-7-10-9;1-2-8-6-4-3-5-7-8;2*1-2/h1-7H;3-7H,2H2,1H3;2*1-2H3. The van der Waals surface area contributed by atoms with E-state index in [1.165, 1.54) is 10.9 Å². The molecule has 2 aromatic carbocycles. The molecule has 1 aromatic heterocycles. The van der Waals surface area contributed by atoms with Crippen LogP contribution in [0.4, 0.5) is 0 Å². The summed E-state index contributed by atoms with van der Waals surface area (Å²) in [6.07, 6.45) is 2.95. The van der Waals surface area contributed by atoms with Gasteiger partial charge in [-0.1, -0.05) is 89.2 Å². The summed E-state index contributed by atoms with van der Waals surface area (Å²) in [4.78, 5) is 4.18. The van der Waals surface area contributed by atoms with Gasteiger partial charge in [-0.3, -0.25) is 4.98 Å². The van der Waals surface area contributed by atoms with Gasteiger partial charge >= 0.3 is 0 Å². The van der Waals surface area contributed by atoms with Crippen molar-refractivity contribution >= 4 is 10.9 Å². The summed E-state index contributed by atoms with van der Waals surface area (Å²) >= 11 is 0. The first-order valence-electron chi connectivity index (χ1n) is 8.24. The van der Waals surface area contributed by atoms with Gasteiger partial charge in [0.25, 0.3) is 0 Å². The smallest absolute Gasteiger partial charge is 0.0701 e. The van der Waals surface area contributed by atoms with Gasteiger partial charge in [-0.15, -0.1) is 0 Å².